The second-order valence-corrected chi connectivity index (χ2v) is 8.29. The molecule has 1 amide bonds. The minimum atomic E-state index is -3.77. The number of hydrogen-bond donors (Lipinski definition) is 1. The maximum absolute atomic E-state index is 12.6. The number of carbonyl (C=O) groups excluding carboxylic acids is 1. The number of aryl methyl sites for hydroxylation is 1. The van der Waals surface area contributed by atoms with Crippen molar-refractivity contribution < 1.29 is 13.2 Å². The van der Waals surface area contributed by atoms with Crippen molar-refractivity contribution in [3.63, 3.8) is 0 Å². The Morgan fingerprint density at radius 1 is 1.29 bits per heavy atom. The number of fused-ring (bicyclic) bond motifs is 1. The summed E-state index contributed by atoms with van der Waals surface area (Å²) < 4.78 is 27.6. The van der Waals surface area contributed by atoms with Crippen molar-refractivity contribution in [1.82, 2.24) is 4.98 Å². The SMILES string of the molecule is CC(=O)N1CCSc2ccc(S(=O)(=O)Nc3ccc(C)cn3)cc21. The topological polar surface area (TPSA) is 79.4 Å². The maximum Gasteiger partial charge on any atom is 0.263 e. The molecule has 0 bridgehead atoms. The highest BCUT2D eigenvalue weighted by Crippen LogP contribution is 2.36. The van der Waals surface area contributed by atoms with Crippen molar-refractivity contribution in [3.8, 4) is 0 Å². The zero-order valence-electron chi connectivity index (χ0n) is 13.3. The van der Waals surface area contributed by atoms with Gasteiger partial charge >= 0.3 is 0 Å². The zero-order valence-corrected chi connectivity index (χ0v) is 14.9. The predicted molar refractivity (Wildman–Crippen MR) is 95.0 cm³/mol. The monoisotopic (exact) mass is 363 g/mol. The lowest BCUT2D eigenvalue weighted by atomic mass is 10.2. The fourth-order valence-electron chi connectivity index (χ4n) is 2.42. The molecule has 8 heteroatoms. The minimum absolute atomic E-state index is 0.0979. The number of carbonyl (C=O) groups is 1. The number of nitrogens with zero attached hydrogens (tertiary/aromatic N) is 2. The Morgan fingerprint density at radius 2 is 2.08 bits per heavy atom. The first-order valence-electron chi connectivity index (χ1n) is 7.37. The van der Waals surface area contributed by atoms with Gasteiger partial charge in [0.2, 0.25) is 5.91 Å². The van der Waals surface area contributed by atoms with Crippen molar-refractivity contribution in [2.75, 3.05) is 21.9 Å². The molecule has 126 valence electrons. The molecule has 0 saturated heterocycles. The minimum Gasteiger partial charge on any atom is -0.311 e. The van der Waals surface area contributed by atoms with Crippen LogP contribution in [-0.4, -0.2) is 31.6 Å². The van der Waals surface area contributed by atoms with Crippen LogP contribution in [0.5, 0.6) is 0 Å². The molecule has 0 atom stereocenters. The quantitative estimate of drug-likeness (QED) is 0.907. The molecule has 3 rings (SSSR count). The molecule has 1 aromatic carbocycles. The van der Waals surface area contributed by atoms with Crippen molar-refractivity contribution in [3.05, 3.63) is 42.1 Å². The number of thioether (sulfide) groups is 1. The van der Waals surface area contributed by atoms with Gasteiger partial charge < -0.3 is 4.90 Å². The van der Waals surface area contributed by atoms with E-state index >= 15 is 0 Å². The number of amides is 1. The van der Waals surface area contributed by atoms with E-state index in [1.165, 1.54) is 6.92 Å². The Hall–Kier alpha value is -2.06. The molecule has 6 nitrogen and oxygen atoms in total. The molecule has 0 fully saturated rings. The summed E-state index contributed by atoms with van der Waals surface area (Å²) in [4.78, 5) is 18.5. The van der Waals surface area contributed by atoms with E-state index in [9.17, 15) is 13.2 Å². The Balaban J connectivity index is 1.95. The molecule has 2 heterocycles. The second-order valence-electron chi connectivity index (χ2n) is 5.47. The molecule has 1 aliphatic rings. The smallest absolute Gasteiger partial charge is 0.263 e. The Bertz CT molecular complexity index is 880. The summed E-state index contributed by atoms with van der Waals surface area (Å²) >= 11 is 1.61. The van der Waals surface area contributed by atoms with Crippen LogP contribution in [0.2, 0.25) is 0 Å². The Labute approximate surface area is 145 Å². The molecule has 0 radical (unpaired) electrons. The highest BCUT2D eigenvalue weighted by Gasteiger charge is 2.24. The standard InChI is InChI=1S/C16H17N3O3S2/c1-11-3-6-16(17-10-11)18-24(21,22)13-4-5-15-14(9-13)19(12(2)20)7-8-23-15/h3-6,9-10H,7-8H2,1-2H3,(H,17,18). The Kier molecular flexibility index (Phi) is 4.51. The number of rotatable bonds is 3. The third-order valence-electron chi connectivity index (χ3n) is 3.63. The van der Waals surface area contributed by atoms with Crippen LogP contribution in [0.25, 0.3) is 0 Å². The normalized spacial score (nSPS) is 14.2. The number of hydrogen-bond acceptors (Lipinski definition) is 5. The molecule has 1 N–H and O–H groups in total. The average molecular weight is 363 g/mol. The zero-order chi connectivity index (χ0) is 17.3. The Morgan fingerprint density at radius 3 is 2.75 bits per heavy atom. The van der Waals surface area contributed by atoms with E-state index in [1.807, 2.05) is 6.92 Å². The van der Waals surface area contributed by atoms with E-state index in [0.29, 0.717) is 12.2 Å². The summed E-state index contributed by atoms with van der Waals surface area (Å²) in [7, 11) is -3.77. The van der Waals surface area contributed by atoms with Gasteiger partial charge in [0, 0.05) is 30.3 Å². The molecule has 0 unspecified atom stereocenters. The van der Waals surface area contributed by atoms with Crippen LogP contribution in [-0.2, 0) is 14.8 Å². The number of nitrogens with one attached hydrogen (secondary N) is 1. The summed E-state index contributed by atoms with van der Waals surface area (Å²) in [6.07, 6.45) is 1.60. The highest BCUT2D eigenvalue weighted by molar-refractivity contribution is 7.99. The van der Waals surface area contributed by atoms with Crippen LogP contribution < -0.4 is 9.62 Å². The van der Waals surface area contributed by atoms with Gasteiger partial charge in [0.1, 0.15) is 5.82 Å². The van der Waals surface area contributed by atoms with E-state index in [2.05, 4.69) is 9.71 Å². The van der Waals surface area contributed by atoms with Gasteiger partial charge in [-0.05, 0) is 36.8 Å². The van der Waals surface area contributed by atoms with Crippen LogP contribution >= 0.6 is 11.8 Å². The summed E-state index contributed by atoms with van der Waals surface area (Å²) in [5.41, 5.74) is 1.58. The lowest BCUT2D eigenvalue weighted by Gasteiger charge is -2.28. The summed E-state index contributed by atoms with van der Waals surface area (Å²) in [5, 5.41) is 0. The van der Waals surface area contributed by atoms with Crippen molar-refractivity contribution in [2.45, 2.75) is 23.6 Å². The van der Waals surface area contributed by atoms with Gasteiger partial charge in [0.25, 0.3) is 10.0 Å². The number of pyridine rings is 1. The highest BCUT2D eigenvalue weighted by atomic mass is 32.2. The number of anilines is 2. The largest absolute Gasteiger partial charge is 0.311 e. The summed E-state index contributed by atoms with van der Waals surface area (Å²) in [6.45, 7) is 3.93. The number of benzene rings is 1. The number of aromatic nitrogens is 1. The fourth-order valence-corrected chi connectivity index (χ4v) is 4.42. The second kappa shape index (κ2) is 6.45. The third kappa shape index (κ3) is 3.39. The molecule has 0 saturated carbocycles. The van der Waals surface area contributed by atoms with E-state index in [0.717, 1.165) is 16.2 Å². The molecule has 2 aromatic rings. The molecule has 1 aromatic heterocycles. The molecule has 0 aliphatic carbocycles. The van der Waals surface area contributed by atoms with Crippen LogP contribution in [0.4, 0.5) is 11.5 Å². The molecule has 0 spiro atoms. The molecule has 1 aliphatic heterocycles. The van der Waals surface area contributed by atoms with Gasteiger partial charge in [0.15, 0.2) is 0 Å². The van der Waals surface area contributed by atoms with Gasteiger partial charge in [-0.25, -0.2) is 13.4 Å². The van der Waals surface area contributed by atoms with Crippen LogP contribution in [0.15, 0.2) is 46.3 Å². The lowest BCUT2D eigenvalue weighted by molar-refractivity contribution is -0.116. The molecular formula is C16H17N3O3S2. The first-order valence-corrected chi connectivity index (χ1v) is 9.84. The first-order chi connectivity index (χ1) is 11.4. The van der Waals surface area contributed by atoms with Crippen molar-refractivity contribution in [2.24, 2.45) is 0 Å². The van der Waals surface area contributed by atoms with E-state index in [4.69, 9.17) is 0 Å². The maximum atomic E-state index is 12.6. The fraction of sp³-hybridized carbons (Fsp3) is 0.250. The van der Waals surface area contributed by atoms with Crippen LogP contribution in [0, 0.1) is 6.92 Å². The molecule has 24 heavy (non-hydrogen) atoms. The first kappa shape index (κ1) is 16.8. The van der Waals surface area contributed by atoms with Crippen molar-refractivity contribution >= 4 is 39.2 Å². The lowest BCUT2D eigenvalue weighted by Crippen LogP contribution is -2.33. The number of sulfonamides is 1. The van der Waals surface area contributed by atoms with E-state index < -0.39 is 10.0 Å². The summed E-state index contributed by atoms with van der Waals surface area (Å²) in [6, 6.07) is 8.23. The average Bonchev–Trinajstić information content (AvgIpc) is 2.55. The third-order valence-corrected chi connectivity index (χ3v) is 6.03. The van der Waals surface area contributed by atoms with Gasteiger partial charge in [-0.1, -0.05) is 6.07 Å². The van der Waals surface area contributed by atoms with Gasteiger partial charge in [0.05, 0.1) is 10.6 Å². The predicted octanol–water partition coefficient (Wildman–Crippen LogP) is 2.65. The van der Waals surface area contributed by atoms with Gasteiger partial charge in [-0.2, -0.15) is 0 Å². The van der Waals surface area contributed by atoms with E-state index in [1.54, 1.807) is 53.2 Å². The van der Waals surface area contributed by atoms with Crippen molar-refractivity contribution in [1.29, 1.82) is 0 Å². The van der Waals surface area contributed by atoms with Crippen LogP contribution in [0.3, 0.4) is 0 Å². The molecular weight excluding hydrogens is 346 g/mol. The summed E-state index contributed by atoms with van der Waals surface area (Å²) in [5.74, 6) is 0.958. The van der Waals surface area contributed by atoms with Gasteiger partial charge in [-0.3, -0.25) is 9.52 Å². The van der Waals surface area contributed by atoms with Gasteiger partial charge in [-0.15, -0.1) is 11.8 Å². The van der Waals surface area contributed by atoms with E-state index in [-0.39, 0.29) is 16.6 Å². The van der Waals surface area contributed by atoms with Crippen LogP contribution in [0.1, 0.15) is 12.5 Å².